The SMILES string of the molecule is C[C@H]1CN(Cc2cc(CN3CCCC3)cs2)CC[C@@]1(C)O. The summed E-state index contributed by atoms with van der Waals surface area (Å²) in [5, 5.41) is 12.6. The third-order valence-electron chi connectivity index (χ3n) is 5.22. The summed E-state index contributed by atoms with van der Waals surface area (Å²) in [5.41, 5.74) is 1.00. The van der Waals surface area contributed by atoms with Gasteiger partial charge in [0, 0.05) is 31.1 Å². The largest absolute Gasteiger partial charge is 0.390 e. The Labute approximate surface area is 132 Å². The molecule has 1 aromatic heterocycles. The molecule has 2 aliphatic rings. The molecule has 0 unspecified atom stereocenters. The first-order valence-electron chi connectivity index (χ1n) is 8.26. The summed E-state index contributed by atoms with van der Waals surface area (Å²) in [4.78, 5) is 6.53. The van der Waals surface area contributed by atoms with E-state index in [0.29, 0.717) is 5.92 Å². The summed E-state index contributed by atoms with van der Waals surface area (Å²) in [7, 11) is 0. The first kappa shape index (κ1) is 15.5. The molecule has 4 heteroatoms. The van der Waals surface area contributed by atoms with Crippen LogP contribution in [0.25, 0.3) is 0 Å². The van der Waals surface area contributed by atoms with Crippen molar-refractivity contribution < 1.29 is 5.11 Å². The molecule has 118 valence electrons. The number of piperidine rings is 1. The van der Waals surface area contributed by atoms with Crippen LogP contribution in [-0.2, 0) is 13.1 Å². The Kier molecular flexibility index (Phi) is 4.69. The van der Waals surface area contributed by atoms with Crippen molar-refractivity contribution in [2.24, 2.45) is 5.92 Å². The molecule has 2 saturated heterocycles. The zero-order chi connectivity index (χ0) is 14.9. The molecule has 0 spiro atoms. The van der Waals surface area contributed by atoms with Crippen molar-refractivity contribution >= 4 is 11.3 Å². The molecule has 2 fully saturated rings. The molecule has 2 aliphatic heterocycles. The number of hydrogen-bond acceptors (Lipinski definition) is 4. The summed E-state index contributed by atoms with van der Waals surface area (Å²) in [6.07, 6.45) is 3.62. The second-order valence-corrected chi connectivity index (χ2v) is 8.14. The van der Waals surface area contributed by atoms with E-state index in [1.54, 1.807) is 0 Å². The van der Waals surface area contributed by atoms with Crippen LogP contribution in [0.2, 0.25) is 0 Å². The van der Waals surface area contributed by atoms with E-state index in [4.69, 9.17) is 0 Å². The fourth-order valence-electron chi connectivity index (χ4n) is 3.46. The van der Waals surface area contributed by atoms with E-state index >= 15 is 0 Å². The molecule has 3 heterocycles. The predicted octanol–water partition coefficient (Wildman–Crippen LogP) is 2.94. The summed E-state index contributed by atoms with van der Waals surface area (Å²) in [6, 6.07) is 2.39. The highest BCUT2D eigenvalue weighted by molar-refractivity contribution is 7.10. The number of aliphatic hydroxyl groups is 1. The topological polar surface area (TPSA) is 26.7 Å². The standard InChI is InChI=1S/C17H28N2OS/c1-14-10-19(8-5-17(14,2)20)12-16-9-15(13-21-16)11-18-6-3-4-7-18/h9,13-14,20H,3-8,10-12H2,1-2H3/t14-,17+/m0/s1. The monoisotopic (exact) mass is 308 g/mol. The molecule has 21 heavy (non-hydrogen) atoms. The predicted molar refractivity (Wildman–Crippen MR) is 88.5 cm³/mol. The molecule has 3 nitrogen and oxygen atoms in total. The fraction of sp³-hybridized carbons (Fsp3) is 0.765. The second-order valence-electron chi connectivity index (χ2n) is 7.15. The molecular formula is C17H28N2OS. The van der Waals surface area contributed by atoms with Gasteiger partial charge >= 0.3 is 0 Å². The number of rotatable bonds is 4. The molecule has 1 aromatic rings. The Balaban J connectivity index is 1.52. The maximum absolute atomic E-state index is 10.3. The number of likely N-dealkylation sites (tertiary alicyclic amines) is 2. The molecule has 0 radical (unpaired) electrons. The summed E-state index contributed by atoms with van der Waals surface area (Å²) in [5.74, 6) is 0.357. The average molecular weight is 308 g/mol. The number of nitrogens with zero attached hydrogens (tertiary/aromatic N) is 2. The second kappa shape index (κ2) is 6.37. The minimum Gasteiger partial charge on any atom is -0.390 e. The number of hydrogen-bond donors (Lipinski definition) is 1. The van der Waals surface area contributed by atoms with Crippen molar-refractivity contribution in [2.45, 2.75) is 51.8 Å². The van der Waals surface area contributed by atoms with Gasteiger partial charge in [0.25, 0.3) is 0 Å². The van der Waals surface area contributed by atoms with Crippen LogP contribution in [0, 0.1) is 5.92 Å². The van der Waals surface area contributed by atoms with Crippen molar-refractivity contribution in [2.75, 3.05) is 26.2 Å². The molecule has 0 bridgehead atoms. The van der Waals surface area contributed by atoms with Gasteiger partial charge in [-0.2, -0.15) is 0 Å². The van der Waals surface area contributed by atoms with E-state index < -0.39 is 5.60 Å². The van der Waals surface area contributed by atoms with Crippen molar-refractivity contribution in [3.63, 3.8) is 0 Å². The van der Waals surface area contributed by atoms with Gasteiger partial charge in [-0.25, -0.2) is 0 Å². The van der Waals surface area contributed by atoms with Gasteiger partial charge in [0.1, 0.15) is 0 Å². The number of thiophene rings is 1. The molecule has 3 rings (SSSR count). The van der Waals surface area contributed by atoms with Gasteiger partial charge in [0.15, 0.2) is 0 Å². The molecular weight excluding hydrogens is 280 g/mol. The Morgan fingerprint density at radius 3 is 2.71 bits per heavy atom. The first-order valence-corrected chi connectivity index (χ1v) is 9.14. The van der Waals surface area contributed by atoms with Crippen LogP contribution >= 0.6 is 11.3 Å². The van der Waals surface area contributed by atoms with Crippen LogP contribution in [0.15, 0.2) is 11.4 Å². The lowest BCUT2D eigenvalue weighted by Crippen LogP contribution is -2.48. The smallest absolute Gasteiger partial charge is 0.0669 e. The molecule has 0 aromatic carbocycles. The van der Waals surface area contributed by atoms with Crippen molar-refractivity contribution in [3.8, 4) is 0 Å². The van der Waals surface area contributed by atoms with E-state index in [9.17, 15) is 5.11 Å². The summed E-state index contributed by atoms with van der Waals surface area (Å²) in [6.45, 7) is 10.9. The molecule has 1 N–H and O–H groups in total. The third kappa shape index (κ3) is 3.86. The van der Waals surface area contributed by atoms with Crippen LogP contribution in [0.5, 0.6) is 0 Å². The lowest BCUT2D eigenvalue weighted by Gasteiger charge is -2.41. The molecule has 0 amide bonds. The Morgan fingerprint density at radius 2 is 2.00 bits per heavy atom. The average Bonchev–Trinajstić information content (AvgIpc) is 3.07. The van der Waals surface area contributed by atoms with Gasteiger partial charge in [0.05, 0.1) is 5.60 Å². The zero-order valence-electron chi connectivity index (χ0n) is 13.3. The van der Waals surface area contributed by atoms with Gasteiger partial charge in [-0.1, -0.05) is 6.92 Å². The van der Waals surface area contributed by atoms with Crippen LogP contribution < -0.4 is 0 Å². The van der Waals surface area contributed by atoms with Gasteiger partial charge in [-0.15, -0.1) is 11.3 Å². The Hall–Kier alpha value is -0.420. The van der Waals surface area contributed by atoms with Gasteiger partial charge in [-0.3, -0.25) is 9.80 Å². The maximum Gasteiger partial charge on any atom is 0.0669 e. The Morgan fingerprint density at radius 1 is 1.24 bits per heavy atom. The highest BCUT2D eigenvalue weighted by atomic mass is 32.1. The van der Waals surface area contributed by atoms with E-state index in [1.165, 1.54) is 36.4 Å². The quantitative estimate of drug-likeness (QED) is 0.926. The molecule has 0 aliphatic carbocycles. The van der Waals surface area contributed by atoms with Crippen LogP contribution in [-0.4, -0.2) is 46.7 Å². The van der Waals surface area contributed by atoms with E-state index in [0.717, 1.165) is 32.6 Å². The fourth-order valence-corrected chi connectivity index (χ4v) is 4.38. The molecule has 0 saturated carbocycles. The minimum atomic E-state index is -0.479. The summed E-state index contributed by atoms with van der Waals surface area (Å²) >= 11 is 1.90. The molecule has 2 atom stereocenters. The zero-order valence-corrected chi connectivity index (χ0v) is 14.2. The Bertz CT molecular complexity index is 465. The van der Waals surface area contributed by atoms with Crippen LogP contribution in [0.4, 0.5) is 0 Å². The van der Waals surface area contributed by atoms with E-state index in [-0.39, 0.29) is 0 Å². The first-order chi connectivity index (χ1) is 10.0. The lowest BCUT2D eigenvalue weighted by molar-refractivity contribution is -0.0522. The highest BCUT2D eigenvalue weighted by Crippen LogP contribution is 2.29. The van der Waals surface area contributed by atoms with Crippen LogP contribution in [0.3, 0.4) is 0 Å². The normalized spacial score (nSPS) is 31.9. The van der Waals surface area contributed by atoms with Crippen molar-refractivity contribution in [1.29, 1.82) is 0 Å². The minimum absolute atomic E-state index is 0.357. The highest BCUT2D eigenvalue weighted by Gasteiger charge is 2.34. The van der Waals surface area contributed by atoms with E-state index in [1.807, 2.05) is 18.3 Å². The van der Waals surface area contributed by atoms with Crippen LogP contribution in [0.1, 0.15) is 43.6 Å². The van der Waals surface area contributed by atoms with E-state index in [2.05, 4.69) is 28.2 Å². The van der Waals surface area contributed by atoms with Gasteiger partial charge < -0.3 is 5.11 Å². The van der Waals surface area contributed by atoms with Gasteiger partial charge in [-0.05, 0) is 62.2 Å². The van der Waals surface area contributed by atoms with Crippen molar-refractivity contribution in [3.05, 3.63) is 21.9 Å². The van der Waals surface area contributed by atoms with Crippen molar-refractivity contribution in [1.82, 2.24) is 9.80 Å². The van der Waals surface area contributed by atoms with Gasteiger partial charge in [0.2, 0.25) is 0 Å². The lowest BCUT2D eigenvalue weighted by atomic mass is 9.84. The third-order valence-corrected chi connectivity index (χ3v) is 6.19. The summed E-state index contributed by atoms with van der Waals surface area (Å²) < 4.78 is 0. The maximum atomic E-state index is 10.3.